The van der Waals surface area contributed by atoms with Crippen molar-refractivity contribution in [3.8, 4) is 63.2 Å². The summed E-state index contributed by atoms with van der Waals surface area (Å²) in [5.41, 5.74) is 0. The second-order valence-electron chi connectivity index (χ2n) is 8.50. The maximum atomic E-state index is 5.12. The summed E-state index contributed by atoms with van der Waals surface area (Å²) in [7, 11) is 17.5. The molecule has 46 heavy (non-hydrogen) atoms. The van der Waals surface area contributed by atoms with E-state index in [1.165, 1.54) is 0 Å². The minimum absolute atomic E-state index is 0.616. The Morgan fingerprint density at radius 2 is 0.652 bits per heavy atom. The van der Waals surface area contributed by atoms with E-state index in [4.69, 9.17) is 52.1 Å². The third-order valence-corrected chi connectivity index (χ3v) is 6.05. The first-order valence-corrected chi connectivity index (χ1v) is 13.8. The van der Waals surface area contributed by atoms with Gasteiger partial charge in [-0.1, -0.05) is 24.3 Å². The molecule has 4 aromatic rings. The minimum Gasteiger partial charge on any atom is -0.497 e. The number of para-hydroxylation sites is 2. The van der Waals surface area contributed by atoms with E-state index >= 15 is 0 Å². The Morgan fingerprint density at radius 1 is 0.261 bits per heavy atom. The number of hydrogen-bond donors (Lipinski definition) is 0. The molecule has 0 aliphatic heterocycles. The lowest BCUT2D eigenvalue weighted by Gasteiger charge is -2.12. The largest absolute Gasteiger partial charge is 0.497 e. The number of benzene rings is 4. The third-order valence-electron chi connectivity index (χ3n) is 6.05. The van der Waals surface area contributed by atoms with E-state index in [0.29, 0.717) is 51.7 Å². The minimum atomic E-state index is 0.616. The molecule has 252 valence electrons. The number of rotatable bonds is 11. The summed E-state index contributed by atoms with van der Waals surface area (Å²) in [5.74, 6) is 7.50. The van der Waals surface area contributed by atoms with Gasteiger partial charge in [-0.2, -0.15) is 0 Å². The first-order chi connectivity index (χ1) is 22.3. The average Bonchev–Trinajstić information content (AvgIpc) is 3.14. The molecule has 11 nitrogen and oxygen atoms in total. The Hall–Kier alpha value is -5.32. The van der Waals surface area contributed by atoms with Crippen LogP contribution < -0.4 is 52.1 Å². The standard InChI is InChI=1S/C10H14O4.2C9H12O3.C7H8O/c1-11-7-5-9(13-3)10(14-4)6-8(7)12-2;1-10-7-4-5-8(11-2)9(6-7)12-3;1-10-7-5-4-6-8(11-2)9(7)12-3;1-8-7-5-3-2-4-6-7/h5-6H,1-4H3;2*4-6H,1-3H3;2-6H,1H3. The van der Waals surface area contributed by atoms with Gasteiger partial charge in [-0.15, -0.1) is 0 Å². The van der Waals surface area contributed by atoms with Gasteiger partial charge in [0.15, 0.2) is 46.0 Å². The van der Waals surface area contributed by atoms with Crippen molar-refractivity contribution in [1.82, 2.24) is 0 Å². The molecule has 0 fully saturated rings. The Balaban J connectivity index is 0.000000311. The second-order valence-corrected chi connectivity index (χ2v) is 8.50. The predicted molar refractivity (Wildman–Crippen MR) is 178 cm³/mol. The molecular formula is C35H46O11. The normalized spacial score (nSPS) is 9.20. The van der Waals surface area contributed by atoms with Crippen LogP contribution >= 0.6 is 0 Å². The highest BCUT2D eigenvalue weighted by Gasteiger charge is 2.11. The van der Waals surface area contributed by atoms with Crippen LogP contribution in [-0.2, 0) is 0 Å². The fourth-order valence-corrected chi connectivity index (χ4v) is 3.68. The van der Waals surface area contributed by atoms with Crippen molar-refractivity contribution >= 4 is 0 Å². The van der Waals surface area contributed by atoms with Crippen molar-refractivity contribution in [3.05, 3.63) is 78.9 Å². The maximum Gasteiger partial charge on any atom is 0.203 e. The van der Waals surface area contributed by atoms with Gasteiger partial charge >= 0.3 is 0 Å². The van der Waals surface area contributed by atoms with Crippen LogP contribution in [0.2, 0.25) is 0 Å². The van der Waals surface area contributed by atoms with Gasteiger partial charge in [0.25, 0.3) is 0 Å². The zero-order chi connectivity index (χ0) is 34.3. The van der Waals surface area contributed by atoms with Crippen molar-refractivity contribution in [2.24, 2.45) is 0 Å². The van der Waals surface area contributed by atoms with Crippen molar-refractivity contribution < 1.29 is 52.1 Å². The Labute approximate surface area is 272 Å². The molecule has 4 rings (SSSR count). The molecule has 11 heteroatoms. The lowest BCUT2D eigenvalue weighted by molar-refractivity contribution is 0.324. The first-order valence-electron chi connectivity index (χ1n) is 13.8. The van der Waals surface area contributed by atoms with E-state index < -0.39 is 0 Å². The molecule has 0 saturated heterocycles. The summed E-state index contributed by atoms with van der Waals surface area (Å²) in [6, 6.07) is 24.0. The summed E-state index contributed by atoms with van der Waals surface area (Å²) in [6.45, 7) is 0. The van der Waals surface area contributed by atoms with Crippen LogP contribution in [-0.4, -0.2) is 78.2 Å². The SMILES string of the molecule is COc1cc(OC)c(OC)cc1OC.COc1ccc(OC)c(OC)c1.COc1cccc(OC)c1OC.COc1ccccc1. The van der Waals surface area contributed by atoms with Crippen molar-refractivity contribution in [3.63, 3.8) is 0 Å². The van der Waals surface area contributed by atoms with Crippen LogP contribution in [0.15, 0.2) is 78.9 Å². The van der Waals surface area contributed by atoms with E-state index in [2.05, 4.69) is 0 Å². The molecule has 0 saturated carbocycles. The molecule has 0 N–H and O–H groups in total. The van der Waals surface area contributed by atoms with E-state index in [1.54, 1.807) is 102 Å². The molecule has 0 aliphatic carbocycles. The van der Waals surface area contributed by atoms with Crippen LogP contribution in [0.1, 0.15) is 0 Å². The molecule has 0 atom stereocenters. The monoisotopic (exact) mass is 642 g/mol. The highest BCUT2D eigenvalue weighted by molar-refractivity contribution is 5.54. The summed E-state index contributed by atoms with van der Waals surface area (Å²) in [5, 5.41) is 0. The lowest BCUT2D eigenvalue weighted by atomic mass is 10.2. The van der Waals surface area contributed by atoms with E-state index in [0.717, 1.165) is 11.5 Å². The van der Waals surface area contributed by atoms with Gasteiger partial charge < -0.3 is 52.1 Å². The molecule has 0 spiro atoms. The predicted octanol–water partition coefficient (Wildman–Crippen LogP) is 6.84. The molecule has 0 aromatic heterocycles. The Bertz CT molecular complexity index is 1310. The summed E-state index contributed by atoms with van der Waals surface area (Å²) in [6.07, 6.45) is 0. The molecular weight excluding hydrogens is 596 g/mol. The van der Waals surface area contributed by atoms with E-state index in [-0.39, 0.29) is 0 Å². The fraction of sp³-hybridized carbons (Fsp3) is 0.314. The van der Waals surface area contributed by atoms with Crippen LogP contribution in [0, 0.1) is 0 Å². The molecule has 0 unspecified atom stereocenters. The Morgan fingerprint density at radius 3 is 0.978 bits per heavy atom. The molecule has 0 radical (unpaired) electrons. The highest BCUT2D eigenvalue weighted by atomic mass is 16.5. The quantitative estimate of drug-likeness (QED) is 0.172. The van der Waals surface area contributed by atoms with Crippen molar-refractivity contribution in [2.75, 3.05) is 78.2 Å². The molecule has 0 heterocycles. The van der Waals surface area contributed by atoms with Crippen LogP contribution in [0.25, 0.3) is 0 Å². The lowest BCUT2D eigenvalue weighted by Crippen LogP contribution is -1.95. The molecule has 0 aliphatic rings. The number of hydrogen-bond acceptors (Lipinski definition) is 11. The van der Waals surface area contributed by atoms with Gasteiger partial charge in [-0.25, -0.2) is 0 Å². The molecule has 0 bridgehead atoms. The Kier molecular flexibility index (Phi) is 18.7. The summed E-state index contributed by atoms with van der Waals surface area (Å²) < 4.78 is 55.8. The van der Waals surface area contributed by atoms with Gasteiger partial charge in [-0.05, 0) is 36.4 Å². The third kappa shape index (κ3) is 12.0. The molecule has 4 aromatic carbocycles. The van der Waals surface area contributed by atoms with Crippen LogP contribution in [0.4, 0.5) is 0 Å². The van der Waals surface area contributed by atoms with Gasteiger partial charge in [-0.3, -0.25) is 0 Å². The van der Waals surface area contributed by atoms with Gasteiger partial charge in [0.1, 0.15) is 11.5 Å². The average molecular weight is 643 g/mol. The summed E-state index contributed by atoms with van der Waals surface area (Å²) in [4.78, 5) is 0. The number of methoxy groups -OCH3 is 11. The van der Waals surface area contributed by atoms with Gasteiger partial charge in [0.05, 0.1) is 78.2 Å². The van der Waals surface area contributed by atoms with Crippen LogP contribution in [0.3, 0.4) is 0 Å². The van der Waals surface area contributed by atoms with Crippen LogP contribution in [0.5, 0.6) is 63.2 Å². The number of ether oxygens (including phenoxy) is 11. The van der Waals surface area contributed by atoms with Gasteiger partial charge in [0.2, 0.25) is 5.75 Å². The highest BCUT2D eigenvalue weighted by Crippen LogP contribution is 2.39. The topological polar surface area (TPSA) is 102 Å². The van der Waals surface area contributed by atoms with E-state index in [1.807, 2.05) is 54.6 Å². The maximum absolute atomic E-state index is 5.12. The fourth-order valence-electron chi connectivity index (χ4n) is 3.68. The van der Waals surface area contributed by atoms with E-state index in [9.17, 15) is 0 Å². The summed E-state index contributed by atoms with van der Waals surface area (Å²) >= 11 is 0. The zero-order valence-corrected chi connectivity index (χ0v) is 28.5. The zero-order valence-electron chi connectivity index (χ0n) is 28.5. The smallest absolute Gasteiger partial charge is 0.203 e. The van der Waals surface area contributed by atoms with Crippen molar-refractivity contribution in [2.45, 2.75) is 0 Å². The second kappa shape index (κ2) is 22.2. The van der Waals surface area contributed by atoms with Gasteiger partial charge in [0, 0.05) is 18.2 Å². The molecule has 0 amide bonds. The van der Waals surface area contributed by atoms with Crippen molar-refractivity contribution in [1.29, 1.82) is 0 Å². The first kappa shape index (κ1) is 38.7.